The number of hydrogen-bond donors (Lipinski definition) is 1. The zero-order valence-corrected chi connectivity index (χ0v) is 10.4. The summed E-state index contributed by atoms with van der Waals surface area (Å²) >= 11 is 1.71. The Morgan fingerprint density at radius 3 is 3.24 bits per heavy atom. The molecule has 0 aliphatic heterocycles. The van der Waals surface area contributed by atoms with Gasteiger partial charge in [0.1, 0.15) is 5.82 Å². The van der Waals surface area contributed by atoms with Crippen LogP contribution in [0.5, 0.6) is 0 Å². The van der Waals surface area contributed by atoms with Gasteiger partial charge in [-0.15, -0.1) is 28.4 Å². The van der Waals surface area contributed by atoms with E-state index in [0.29, 0.717) is 0 Å². The van der Waals surface area contributed by atoms with Gasteiger partial charge in [0, 0.05) is 24.7 Å². The summed E-state index contributed by atoms with van der Waals surface area (Å²) in [5.41, 5.74) is 0.756. The van der Waals surface area contributed by atoms with E-state index in [1.165, 1.54) is 0 Å². The topological polar surface area (TPSA) is 55.1 Å². The number of fused-ring (bicyclic) bond motifs is 1. The molecule has 0 amide bonds. The Bertz CT molecular complexity index is 542. The van der Waals surface area contributed by atoms with Crippen LogP contribution >= 0.6 is 11.8 Å². The van der Waals surface area contributed by atoms with E-state index in [1.54, 1.807) is 18.0 Å². The van der Waals surface area contributed by atoms with Crippen LogP contribution in [-0.2, 0) is 0 Å². The molecule has 17 heavy (non-hydrogen) atoms. The fraction of sp³-hybridized carbons (Fsp3) is 0.364. The molecule has 0 aromatic carbocycles. The second kappa shape index (κ2) is 5.55. The van der Waals surface area contributed by atoms with Crippen LogP contribution in [0.25, 0.3) is 5.65 Å². The molecule has 0 aliphatic rings. The molecular formula is C11H13N5S. The maximum atomic E-state index is 5.17. The molecule has 1 N–H and O–H groups in total. The van der Waals surface area contributed by atoms with E-state index in [2.05, 4.69) is 26.4 Å². The Labute approximate surface area is 104 Å². The molecule has 0 spiro atoms. The second-order valence-electron chi connectivity index (χ2n) is 3.40. The van der Waals surface area contributed by atoms with E-state index >= 15 is 0 Å². The number of hydrogen-bond acceptors (Lipinski definition) is 5. The lowest BCUT2D eigenvalue weighted by atomic mass is 10.5. The summed E-state index contributed by atoms with van der Waals surface area (Å²) in [6.07, 6.45) is 8.76. The van der Waals surface area contributed by atoms with Gasteiger partial charge in [0.25, 0.3) is 0 Å². The molecule has 0 saturated heterocycles. The third-order valence-corrected chi connectivity index (χ3v) is 3.09. The Morgan fingerprint density at radius 2 is 2.41 bits per heavy atom. The molecule has 0 unspecified atom stereocenters. The van der Waals surface area contributed by atoms with Gasteiger partial charge in [0.15, 0.2) is 5.82 Å². The first-order valence-corrected chi connectivity index (χ1v) is 6.40. The van der Waals surface area contributed by atoms with E-state index in [4.69, 9.17) is 6.42 Å². The van der Waals surface area contributed by atoms with Gasteiger partial charge in [-0.2, -0.15) is 0 Å². The number of nitrogens with one attached hydrogen (secondary N) is 1. The molecule has 88 valence electrons. The molecule has 6 heteroatoms. The van der Waals surface area contributed by atoms with Crippen molar-refractivity contribution < 1.29 is 0 Å². The number of thioether (sulfide) groups is 1. The van der Waals surface area contributed by atoms with Crippen LogP contribution < -0.4 is 5.32 Å². The van der Waals surface area contributed by atoms with Gasteiger partial charge < -0.3 is 5.32 Å². The highest BCUT2D eigenvalue weighted by atomic mass is 32.2. The van der Waals surface area contributed by atoms with Gasteiger partial charge in [-0.3, -0.25) is 4.40 Å². The normalized spacial score (nSPS) is 10.4. The minimum atomic E-state index is 0.739. The molecule has 0 radical (unpaired) electrons. The Hall–Kier alpha value is -1.74. The molecule has 5 nitrogen and oxygen atoms in total. The van der Waals surface area contributed by atoms with Crippen LogP contribution in [0.15, 0.2) is 12.4 Å². The van der Waals surface area contributed by atoms with Crippen molar-refractivity contribution in [1.29, 1.82) is 0 Å². The maximum Gasteiger partial charge on any atom is 0.203 e. The van der Waals surface area contributed by atoms with Crippen molar-refractivity contribution in [3.05, 3.63) is 18.2 Å². The summed E-state index contributed by atoms with van der Waals surface area (Å²) in [5, 5.41) is 11.3. The third-order valence-electron chi connectivity index (χ3n) is 2.22. The second-order valence-corrected chi connectivity index (χ2v) is 4.51. The van der Waals surface area contributed by atoms with E-state index in [9.17, 15) is 0 Å². The lowest BCUT2D eigenvalue weighted by Gasteiger charge is -2.05. The van der Waals surface area contributed by atoms with E-state index in [0.717, 1.165) is 35.3 Å². The number of terminal acetylenes is 1. The Morgan fingerprint density at radius 1 is 1.53 bits per heavy atom. The third kappa shape index (κ3) is 2.68. The SMILES string of the molecule is C#CCSCCNc1nccn2c(C)nnc12. The summed E-state index contributed by atoms with van der Waals surface area (Å²) in [6.45, 7) is 2.72. The molecule has 2 rings (SSSR count). The zero-order chi connectivity index (χ0) is 12.1. The van der Waals surface area contributed by atoms with E-state index < -0.39 is 0 Å². The number of aryl methyl sites for hydroxylation is 1. The molecular weight excluding hydrogens is 234 g/mol. The van der Waals surface area contributed by atoms with Crippen molar-refractivity contribution >= 4 is 23.2 Å². The monoisotopic (exact) mass is 247 g/mol. The average molecular weight is 247 g/mol. The zero-order valence-electron chi connectivity index (χ0n) is 9.55. The minimum Gasteiger partial charge on any atom is -0.366 e. The highest BCUT2D eigenvalue weighted by Crippen LogP contribution is 2.11. The number of anilines is 1. The fourth-order valence-corrected chi connectivity index (χ4v) is 1.95. The summed E-state index contributed by atoms with van der Waals surface area (Å²) in [4.78, 5) is 4.25. The lowest BCUT2D eigenvalue weighted by Crippen LogP contribution is -2.07. The highest BCUT2D eigenvalue weighted by molar-refractivity contribution is 7.99. The first-order chi connectivity index (χ1) is 8.33. The van der Waals surface area contributed by atoms with Crippen LogP contribution in [0.3, 0.4) is 0 Å². The van der Waals surface area contributed by atoms with Crippen molar-refractivity contribution in [3.8, 4) is 12.3 Å². The molecule has 0 saturated carbocycles. The lowest BCUT2D eigenvalue weighted by molar-refractivity contribution is 1.00. The average Bonchev–Trinajstić information content (AvgIpc) is 2.72. The molecule has 0 atom stereocenters. The van der Waals surface area contributed by atoms with Crippen molar-refractivity contribution in [3.63, 3.8) is 0 Å². The predicted molar refractivity (Wildman–Crippen MR) is 70.2 cm³/mol. The predicted octanol–water partition coefficient (Wildman–Crippen LogP) is 1.21. The minimum absolute atomic E-state index is 0.739. The van der Waals surface area contributed by atoms with Gasteiger partial charge in [0.2, 0.25) is 5.65 Å². The van der Waals surface area contributed by atoms with Crippen molar-refractivity contribution in [2.24, 2.45) is 0 Å². The summed E-state index contributed by atoms with van der Waals surface area (Å²) in [5.74, 6) is 5.89. The van der Waals surface area contributed by atoms with Gasteiger partial charge in [-0.05, 0) is 6.92 Å². The highest BCUT2D eigenvalue weighted by Gasteiger charge is 2.06. The van der Waals surface area contributed by atoms with Crippen LogP contribution in [0.2, 0.25) is 0 Å². The first kappa shape index (κ1) is 11.7. The fourth-order valence-electron chi connectivity index (χ4n) is 1.44. The molecule has 0 fully saturated rings. The Kier molecular flexibility index (Phi) is 3.83. The molecule has 2 heterocycles. The maximum absolute atomic E-state index is 5.17. The summed E-state index contributed by atoms with van der Waals surface area (Å²) in [7, 11) is 0. The van der Waals surface area contributed by atoms with Crippen molar-refractivity contribution in [2.45, 2.75) is 6.92 Å². The van der Waals surface area contributed by atoms with Crippen LogP contribution in [-0.4, -0.2) is 37.6 Å². The smallest absolute Gasteiger partial charge is 0.203 e. The number of rotatable bonds is 5. The van der Waals surface area contributed by atoms with Crippen LogP contribution in [0, 0.1) is 19.3 Å². The largest absolute Gasteiger partial charge is 0.366 e. The van der Waals surface area contributed by atoms with E-state index in [1.807, 2.05) is 17.5 Å². The number of nitrogens with zero attached hydrogens (tertiary/aromatic N) is 4. The van der Waals surface area contributed by atoms with E-state index in [-0.39, 0.29) is 0 Å². The van der Waals surface area contributed by atoms with Gasteiger partial charge in [0.05, 0.1) is 5.75 Å². The van der Waals surface area contributed by atoms with Crippen molar-refractivity contribution in [1.82, 2.24) is 19.6 Å². The molecule has 0 aliphatic carbocycles. The molecule has 0 bridgehead atoms. The van der Waals surface area contributed by atoms with Gasteiger partial charge in [-0.1, -0.05) is 5.92 Å². The first-order valence-electron chi connectivity index (χ1n) is 5.24. The Balaban J connectivity index is 2.01. The molecule has 2 aromatic rings. The van der Waals surface area contributed by atoms with Gasteiger partial charge >= 0.3 is 0 Å². The van der Waals surface area contributed by atoms with Crippen molar-refractivity contribution in [2.75, 3.05) is 23.4 Å². The van der Waals surface area contributed by atoms with Gasteiger partial charge in [-0.25, -0.2) is 4.98 Å². The summed E-state index contributed by atoms with van der Waals surface area (Å²) < 4.78 is 1.91. The molecule has 2 aromatic heterocycles. The quantitative estimate of drug-likeness (QED) is 0.636. The number of aromatic nitrogens is 4. The van der Waals surface area contributed by atoms with Crippen LogP contribution in [0.4, 0.5) is 5.82 Å². The van der Waals surface area contributed by atoms with Crippen LogP contribution in [0.1, 0.15) is 5.82 Å². The standard InChI is InChI=1S/C11H13N5S/c1-3-7-17-8-5-13-10-11-15-14-9(2)16(11)6-4-12-10/h1,4,6H,5,7-8H2,2H3,(H,12,13). The summed E-state index contributed by atoms with van der Waals surface area (Å²) in [6, 6.07) is 0.